The van der Waals surface area contributed by atoms with E-state index in [1.807, 2.05) is 18.2 Å². The van der Waals surface area contributed by atoms with Crippen molar-refractivity contribution in [2.24, 2.45) is 0 Å². The highest BCUT2D eigenvalue weighted by Gasteiger charge is 1.95. The zero-order valence-electron chi connectivity index (χ0n) is 13.3. The Kier molecular flexibility index (Phi) is 15.4. The summed E-state index contributed by atoms with van der Waals surface area (Å²) >= 11 is 0. The first kappa shape index (κ1) is 19.5. The minimum atomic E-state index is -0.700. The topological polar surface area (TPSA) is 46.5 Å². The Labute approximate surface area is 129 Å². The number of aliphatic carboxylic acids is 1. The summed E-state index contributed by atoms with van der Waals surface area (Å²) in [6.07, 6.45) is 21.6. The van der Waals surface area contributed by atoms with Crippen molar-refractivity contribution in [3.05, 3.63) is 36.8 Å². The predicted octanol–water partition coefficient (Wildman–Crippen LogP) is 5.59. The molecule has 120 valence electrons. The average molecular weight is 294 g/mol. The Balaban J connectivity index is 3.30. The highest BCUT2D eigenvalue weighted by atomic mass is 16.5. The van der Waals surface area contributed by atoms with Crippen molar-refractivity contribution in [2.75, 3.05) is 0 Å². The SMILES string of the molecule is CCCCC/C=C\C=C\O/C=C/CCCCCCC(=O)O. The molecule has 0 aliphatic rings. The molecule has 0 fully saturated rings. The Bertz CT molecular complexity index is 316. The summed E-state index contributed by atoms with van der Waals surface area (Å²) in [5.41, 5.74) is 0. The van der Waals surface area contributed by atoms with E-state index < -0.39 is 5.97 Å². The maximum absolute atomic E-state index is 10.3. The third-order valence-electron chi connectivity index (χ3n) is 3.06. The zero-order chi connectivity index (χ0) is 15.6. The van der Waals surface area contributed by atoms with Gasteiger partial charge in [0.1, 0.15) is 0 Å². The second-order valence-electron chi connectivity index (χ2n) is 5.11. The summed E-state index contributed by atoms with van der Waals surface area (Å²) in [6, 6.07) is 0. The number of unbranched alkanes of at least 4 members (excludes halogenated alkanes) is 7. The van der Waals surface area contributed by atoms with Crippen molar-refractivity contribution in [3.8, 4) is 0 Å². The van der Waals surface area contributed by atoms with E-state index in [0.717, 1.165) is 38.5 Å². The minimum Gasteiger partial charge on any atom is -0.481 e. The molecule has 0 rings (SSSR count). The molecule has 0 unspecified atom stereocenters. The highest BCUT2D eigenvalue weighted by molar-refractivity contribution is 5.66. The number of hydrogen-bond acceptors (Lipinski definition) is 2. The van der Waals surface area contributed by atoms with Crippen molar-refractivity contribution in [1.82, 2.24) is 0 Å². The van der Waals surface area contributed by atoms with Crippen LogP contribution in [0.25, 0.3) is 0 Å². The lowest BCUT2D eigenvalue weighted by Gasteiger charge is -1.96. The number of hydrogen-bond donors (Lipinski definition) is 1. The number of carboxylic acid groups (broad SMARTS) is 1. The van der Waals surface area contributed by atoms with Gasteiger partial charge in [-0.2, -0.15) is 0 Å². The number of rotatable bonds is 14. The fourth-order valence-electron chi connectivity index (χ4n) is 1.84. The van der Waals surface area contributed by atoms with E-state index in [4.69, 9.17) is 9.84 Å². The van der Waals surface area contributed by atoms with Gasteiger partial charge in [0.2, 0.25) is 0 Å². The number of carbonyl (C=O) groups is 1. The summed E-state index contributed by atoms with van der Waals surface area (Å²) < 4.78 is 5.23. The first-order valence-corrected chi connectivity index (χ1v) is 8.11. The molecule has 0 aromatic heterocycles. The lowest BCUT2D eigenvalue weighted by molar-refractivity contribution is -0.137. The Hall–Kier alpha value is -1.51. The van der Waals surface area contributed by atoms with Crippen LogP contribution >= 0.6 is 0 Å². The lowest BCUT2D eigenvalue weighted by atomic mass is 10.1. The van der Waals surface area contributed by atoms with Crippen LogP contribution in [0.3, 0.4) is 0 Å². The van der Waals surface area contributed by atoms with Crippen molar-refractivity contribution in [1.29, 1.82) is 0 Å². The molecule has 0 heterocycles. The summed E-state index contributed by atoms with van der Waals surface area (Å²) in [7, 11) is 0. The quantitative estimate of drug-likeness (QED) is 0.258. The molecule has 0 spiro atoms. The van der Waals surface area contributed by atoms with Crippen LogP contribution in [0, 0.1) is 0 Å². The number of carboxylic acids is 1. The monoisotopic (exact) mass is 294 g/mol. The molecule has 0 amide bonds. The molecule has 0 atom stereocenters. The molecule has 0 saturated heterocycles. The molecule has 3 nitrogen and oxygen atoms in total. The second-order valence-corrected chi connectivity index (χ2v) is 5.11. The van der Waals surface area contributed by atoms with Gasteiger partial charge in [-0.05, 0) is 44.3 Å². The molecule has 0 aromatic rings. The van der Waals surface area contributed by atoms with Gasteiger partial charge in [0.15, 0.2) is 0 Å². The maximum atomic E-state index is 10.3. The Morgan fingerprint density at radius 3 is 2.38 bits per heavy atom. The van der Waals surface area contributed by atoms with E-state index in [-0.39, 0.29) is 6.42 Å². The molecule has 0 aliphatic heterocycles. The molecule has 1 N–H and O–H groups in total. The normalized spacial score (nSPS) is 11.9. The molecular weight excluding hydrogens is 264 g/mol. The smallest absolute Gasteiger partial charge is 0.303 e. The van der Waals surface area contributed by atoms with E-state index in [1.54, 1.807) is 12.5 Å². The largest absolute Gasteiger partial charge is 0.481 e. The van der Waals surface area contributed by atoms with Gasteiger partial charge in [0.05, 0.1) is 12.5 Å². The third-order valence-corrected chi connectivity index (χ3v) is 3.06. The van der Waals surface area contributed by atoms with Crippen LogP contribution in [0.4, 0.5) is 0 Å². The number of allylic oxidation sites excluding steroid dienone is 4. The van der Waals surface area contributed by atoms with Gasteiger partial charge >= 0.3 is 5.97 Å². The first-order chi connectivity index (χ1) is 10.3. The van der Waals surface area contributed by atoms with Gasteiger partial charge in [-0.25, -0.2) is 0 Å². The van der Waals surface area contributed by atoms with Crippen LogP contribution in [0.2, 0.25) is 0 Å². The maximum Gasteiger partial charge on any atom is 0.303 e. The van der Waals surface area contributed by atoms with Gasteiger partial charge < -0.3 is 9.84 Å². The average Bonchev–Trinajstić information content (AvgIpc) is 2.46. The summed E-state index contributed by atoms with van der Waals surface area (Å²) in [6.45, 7) is 2.21. The van der Waals surface area contributed by atoms with Gasteiger partial charge in [0.25, 0.3) is 0 Å². The van der Waals surface area contributed by atoms with Crippen molar-refractivity contribution in [2.45, 2.75) is 71.1 Å². The van der Waals surface area contributed by atoms with Crippen LogP contribution in [0.15, 0.2) is 36.8 Å². The van der Waals surface area contributed by atoms with Crippen molar-refractivity contribution in [3.63, 3.8) is 0 Å². The Morgan fingerprint density at radius 2 is 1.62 bits per heavy atom. The van der Waals surface area contributed by atoms with Crippen LogP contribution in [0.1, 0.15) is 71.1 Å². The summed E-state index contributed by atoms with van der Waals surface area (Å²) in [5, 5.41) is 8.49. The van der Waals surface area contributed by atoms with Crippen LogP contribution in [-0.2, 0) is 9.53 Å². The molecular formula is C18H30O3. The fourth-order valence-corrected chi connectivity index (χ4v) is 1.84. The van der Waals surface area contributed by atoms with Gasteiger partial charge in [0, 0.05) is 6.42 Å². The Morgan fingerprint density at radius 1 is 0.905 bits per heavy atom. The van der Waals surface area contributed by atoms with Crippen LogP contribution < -0.4 is 0 Å². The molecule has 0 bridgehead atoms. The van der Waals surface area contributed by atoms with Gasteiger partial charge in [-0.1, -0.05) is 44.8 Å². The molecule has 0 aromatic carbocycles. The molecule has 0 saturated carbocycles. The summed E-state index contributed by atoms with van der Waals surface area (Å²) in [5.74, 6) is -0.700. The fraction of sp³-hybridized carbons (Fsp3) is 0.611. The zero-order valence-corrected chi connectivity index (χ0v) is 13.3. The van der Waals surface area contributed by atoms with Crippen LogP contribution in [-0.4, -0.2) is 11.1 Å². The van der Waals surface area contributed by atoms with E-state index in [1.165, 1.54) is 19.3 Å². The highest BCUT2D eigenvalue weighted by Crippen LogP contribution is 2.06. The van der Waals surface area contributed by atoms with Gasteiger partial charge in [-0.3, -0.25) is 4.79 Å². The molecule has 3 heteroatoms. The molecule has 0 radical (unpaired) electrons. The van der Waals surface area contributed by atoms with E-state index >= 15 is 0 Å². The first-order valence-electron chi connectivity index (χ1n) is 8.11. The lowest BCUT2D eigenvalue weighted by Crippen LogP contribution is -1.93. The third kappa shape index (κ3) is 18.5. The van der Waals surface area contributed by atoms with Crippen molar-refractivity contribution >= 4 is 5.97 Å². The second kappa shape index (κ2) is 16.5. The van der Waals surface area contributed by atoms with Crippen LogP contribution in [0.5, 0.6) is 0 Å². The van der Waals surface area contributed by atoms with Gasteiger partial charge in [-0.15, -0.1) is 0 Å². The number of ether oxygens (including phenoxy) is 1. The standard InChI is InChI=1S/C18H30O3/c1-2-3-4-5-7-10-13-16-21-17-14-11-8-6-9-12-15-18(19)20/h7,10,13-14,16-17H,2-6,8-9,11-12,15H2,1H3,(H,19,20)/b10-7-,16-13+,17-14+. The van der Waals surface area contributed by atoms with E-state index in [9.17, 15) is 4.79 Å². The molecule has 21 heavy (non-hydrogen) atoms. The van der Waals surface area contributed by atoms with Crippen molar-refractivity contribution < 1.29 is 14.6 Å². The van der Waals surface area contributed by atoms with E-state index in [2.05, 4.69) is 13.0 Å². The van der Waals surface area contributed by atoms with E-state index in [0.29, 0.717) is 0 Å². The predicted molar refractivity (Wildman–Crippen MR) is 88.0 cm³/mol. The summed E-state index contributed by atoms with van der Waals surface area (Å²) in [4.78, 5) is 10.3. The molecule has 0 aliphatic carbocycles. The minimum absolute atomic E-state index is 0.287.